The summed E-state index contributed by atoms with van der Waals surface area (Å²) in [6, 6.07) is 17.0. The molecule has 5 heteroatoms. The predicted octanol–water partition coefficient (Wildman–Crippen LogP) is 5.85. The van der Waals surface area contributed by atoms with Crippen LogP contribution < -0.4 is 5.48 Å². The van der Waals surface area contributed by atoms with E-state index in [4.69, 9.17) is 5.21 Å². The van der Waals surface area contributed by atoms with E-state index < -0.39 is 0 Å². The number of hydrogen-bond acceptors (Lipinski definition) is 2. The Morgan fingerprint density at radius 1 is 0.867 bits per heavy atom. The molecule has 4 aromatic rings. The van der Waals surface area contributed by atoms with Crippen LogP contribution in [0.5, 0.6) is 0 Å². The van der Waals surface area contributed by atoms with Gasteiger partial charge in [0.2, 0.25) is 5.91 Å². The number of fused-ring (bicyclic) bond motifs is 2. The SMILES string of the molecule is Cc1[nH]c2ccccc2c1C(CCCCCC(=O)NO)c1c(C)[nH]c2ccccc12. The Morgan fingerprint density at radius 2 is 1.40 bits per heavy atom. The highest BCUT2D eigenvalue weighted by Gasteiger charge is 2.25. The lowest BCUT2D eigenvalue weighted by molar-refractivity contribution is -0.129. The van der Waals surface area contributed by atoms with E-state index >= 15 is 0 Å². The summed E-state index contributed by atoms with van der Waals surface area (Å²) in [6.45, 7) is 4.33. The number of nitrogens with one attached hydrogen (secondary N) is 3. The van der Waals surface area contributed by atoms with Crippen LogP contribution in [0, 0.1) is 13.8 Å². The number of hydrogen-bond donors (Lipinski definition) is 4. The van der Waals surface area contributed by atoms with Crippen LogP contribution in [0.3, 0.4) is 0 Å². The van der Waals surface area contributed by atoms with Crippen LogP contribution in [-0.4, -0.2) is 21.1 Å². The highest BCUT2D eigenvalue weighted by Crippen LogP contribution is 2.41. The largest absolute Gasteiger partial charge is 0.358 e. The van der Waals surface area contributed by atoms with E-state index in [1.54, 1.807) is 5.48 Å². The van der Waals surface area contributed by atoms with Gasteiger partial charge < -0.3 is 9.97 Å². The van der Waals surface area contributed by atoms with Crippen molar-refractivity contribution in [3.05, 3.63) is 71.0 Å². The maximum Gasteiger partial charge on any atom is 0.243 e. The van der Waals surface area contributed by atoms with Gasteiger partial charge in [0.15, 0.2) is 0 Å². The van der Waals surface area contributed by atoms with Crippen molar-refractivity contribution in [3.8, 4) is 0 Å². The standard InChI is InChI=1S/C25H29N3O2/c1-16-24(18-10-6-8-13-21(18)26-16)20(12-4-3-5-15-23(29)28-30)25-17(2)27-22-14-9-7-11-19(22)25/h6-11,13-14,20,26-27,30H,3-5,12,15H2,1-2H3,(H,28,29). The Labute approximate surface area is 176 Å². The number of amides is 1. The molecule has 0 fully saturated rings. The summed E-state index contributed by atoms with van der Waals surface area (Å²) in [6.07, 6.45) is 4.11. The van der Waals surface area contributed by atoms with Crippen LogP contribution in [0.15, 0.2) is 48.5 Å². The average molecular weight is 404 g/mol. The molecular weight excluding hydrogens is 374 g/mol. The Hall–Kier alpha value is -3.05. The van der Waals surface area contributed by atoms with Gasteiger partial charge in [-0.2, -0.15) is 0 Å². The molecule has 1 amide bonds. The number of aromatic nitrogens is 2. The minimum absolute atomic E-state index is 0.268. The fourth-order valence-corrected chi connectivity index (χ4v) is 4.79. The quantitative estimate of drug-likeness (QED) is 0.169. The van der Waals surface area contributed by atoms with Gasteiger partial charge in [0.1, 0.15) is 0 Å². The minimum atomic E-state index is -0.313. The maximum atomic E-state index is 11.3. The maximum absolute atomic E-state index is 11.3. The lowest BCUT2D eigenvalue weighted by atomic mass is 9.83. The molecule has 2 heterocycles. The number of rotatable bonds is 8. The van der Waals surface area contributed by atoms with E-state index in [-0.39, 0.29) is 11.8 Å². The second-order valence-corrected chi connectivity index (χ2v) is 8.11. The number of benzene rings is 2. The second-order valence-electron chi connectivity index (χ2n) is 8.11. The van der Waals surface area contributed by atoms with Gasteiger partial charge in [-0.25, -0.2) is 5.48 Å². The molecule has 0 spiro atoms. The van der Waals surface area contributed by atoms with E-state index in [9.17, 15) is 4.79 Å². The molecule has 156 valence electrons. The fraction of sp³-hybridized carbons (Fsp3) is 0.320. The van der Waals surface area contributed by atoms with Crippen molar-refractivity contribution in [2.75, 3.05) is 0 Å². The molecule has 0 aliphatic rings. The molecule has 4 N–H and O–H groups in total. The van der Waals surface area contributed by atoms with E-state index in [0.29, 0.717) is 6.42 Å². The first kappa shape index (κ1) is 20.2. The van der Waals surface area contributed by atoms with Crippen molar-refractivity contribution in [3.63, 3.8) is 0 Å². The van der Waals surface area contributed by atoms with Crippen LogP contribution in [0.25, 0.3) is 21.8 Å². The number of carbonyl (C=O) groups excluding carboxylic acids is 1. The molecule has 4 rings (SSSR count). The van der Waals surface area contributed by atoms with Gasteiger partial charge in [0.25, 0.3) is 0 Å². The third-order valence-corrected chi connectivity index (χ3v) is 6.11. The highest BCUT2D eigenvalue weighted by atomic mass is 16.5. The van der Waals surface area contributed by atoms with Gasteiger partial charge in [-0.05, 0) is 49.9 Å². The zero-order chi connectivity index (χ0) is 21.1. The summed E-state index contributed by atoms with van der Waals surface area (Å²) in [5.41, 5.74) is 9.23. The molecule has 0 aliphatic carbocycles. The monoisotopic (exact) mass is 403 g/mol. The summed E-state index contributed by atoms with van der Waals surface area (Å²) in [7, 11) is 0. The van der Waals surface area contributed by atoms with E-state index in [1.165, 1.54) is 44.3 Å². The number of hydroxylamine groups is 1. The van der Waals surface area contributed by atoms with Crippen molar-refractivity contribution < 1.29 is 10.0 Å². The van der Waals surface area contributed by atoms with E-state index in [1.807, 2.05) is 0 Å². The number of para-hydroxylation sites is 2. The Bertz CT molecular complexity index is 1090. The smallest absolute Gasteiger partial charge is 0.243 e. The zero-order valence-electron chi connectivity index (χ0n) is 17.6. The molecule has 5 nitrogen and oxygen atoms in total. The molecule has 0 bridgehead atoms. The summed E-state index contributed by atoms with van der Waals surface area (Å²) in [5.74, 6) is -0.0459. The first-order valence-electron chi connectivity index (χ1n) is 10.7. The Morgan fingerprint density at radius 3 is 1.93 bits per heavy atom. The summed E-state index contributed by atoms with van der Waals surface area (Å²) < 4.78 is 0. The third kappa shape index (κ3) is 3.85. The van der Waals surface area contributed by atoms with Crippen LogP contribution in [0.4, 0.5) is 0 Å². The zero-order valence-corrected chi connectivity index (χ0v) is 17.6. The first-order chi connectivity index (χ1) is 14.6. The lowest BCUT2D eigenvalue weighted by Gasteiger charge is -2.19. The number of H-pyrrole nitrogens is 2. The number of carbonyl (C=O) groups is 1. The third-order valence-electron chi connectivity index (χ3n) is 6.11. The Kier molecular flexibility index (Phi) is 5.91. The molecular formula is C25H29N3O2. The first-order valence-corrected chi connectivity index (χ1v) is 10.7. The molecule has 2 aromatic carbocycles. The topological polar surface area (TPSA) is 80.9 Å². The second kappa shape index (κ2) is 8.76. The molecule has 30 heavy (non-hydrogen) atoms. The van der Waals surface area contributed by atoms with Crippen molar-refractivity contribution in [2.45, 2.75) is 51.9 Å². The number of aromatic amines is 2. The van der Waals surface area contributed by atoms with Gasteiger partial charge in [-0.3, -0.25) is 10.0 Å². The van der Waals surface area contributed by atoms with E-state index in [0.717, 1.165) is 25.7 Å². The molecule has 0 saturated heterocycles. The van der Waals surface area contributed by atoms with Crippen molar-refractivity contribution in [1.29, 1.82) is 0 Å². The molecule has 0 saturated carbocycles. The molecule has 0 unspecified atom stereocenters. The highest BCUT2D eigenvalue weighted by molar-refractivity contribution is 5.89. The van der Waals surface area contributed by atoms with Gasteiger partial charge in [0, 0.05) is 45.5 Å². The Balaban J connectivity index is 1.71. The average Bonchev–Trinajstić information content (AvgIpc) is 3.26. The van der Waals surface area contributed by atoms with Crippen molar-refractivity contribution >= 4 is 27.7 Å². The molecule has 2 aromatic heterocycles. The minimum Gasteiger partial charge on any atom is -0.358 e. The van der Waals surface area contributed by atoms with Crippen LogP contribution in [0.2, 0.25) is 0 Å². The van der Waals surface area contributed by atoms with Gasteiger partial charge >= 0.3 is 0 Å². The van der Waals surface area contributed by atoms with Gasteiger partial charge in [0.05, 0.1) is 0 Å². The van der Waals surface area contributed by atoms with E-state index in [2.05, 4.69) is 72.3 Å². The number of aryl methyl sites for hydroxylation is 2. The normalized spacial score (nSPS) is 11.6. The van der Waals surface area contributed by atoms with Gasteiger partial charge in [-0.1, -0.05) is 49.2 Å². The predicted molar refractivity (Wildman–Crippen MR) is 121 cm³/mol. The van der Waals surface area contributed by atoms with Gasteiger partial charge in [-0.15, -0.1) is 0 Å². The van der Waals surface area contributed by atoms with Crippen molar-refractivity contribution in [1.82, 2.24) is 15.4 Å². The molecule has 0 radical (unpaired) electrons. The van der Waals surface area contributed by atoms with Crippen LogP contribution in [-0.2, 0) is 4.79 Å². The van der Waals surface area contributed by atoms with Crippen molar-refractivity contribution in [2.24, 2.45) is 0 Å². The molecule has 0 atom stereocenters. The molecule has 0 aliphatic heterocycles. The summed E-state index contributed by atoms with van der Waals surface area (Å²) in [4.78, 5) is 18.4. The summed E-state index contributed by atoms with van der Waals surface area (Å²) >= 11 is 0. The van der Waals surface area contributed by atoms with Crippen LogP contribution in [0.1, 0.15) is 60.5 Å². The lowest BCUT2D eigenvalue weighted by Crippen LogP contribution is -2.17. The summed E-state index contributed by atoms with van der Waals surface area (Å²) in [5, 5.41) is 11.2. The number of unbranched alkanes of at least 4 members (excludes halogenated alkanes) is 2. The van der Waals surface area contributed by atoms with Crippen LogP contribution >= 0.6 is 0 Å². The fourth-order valence-electron chi connectivity index (χ4n) is 4.79.